The molecule has 5 nitrogen and oxygen atoms in total. The van der Waals surface area contributed by atoms with Gasteiger partial charge in [0.25, 0.3) is 0 Å². The second-order valence-corrected chi connectivity index (χ2v) is 8.62. The van der Waals surface area contributed by atoms with Gasteiger partial charge >= 0.3 is 0 Å². The minimum atomic E-state index is -0.0766. The lowest BCUT2D eigenvalue weighted by molar-refractivity contribution is -0.144. The number of aryl methyl sites for hydroxylation is 1. The van der Waals surface area contributed by atoms with E-state index in [2.05, 4.69) is 35.3 Å². The van der Waals surface area contributed by atoms with Crippen LogP contribution in [-0.4, -0.2) is 46.2 Å². The van der Waals surface area contributed by atoms with Crippen molar-refractivity contribution in [2.24, 2.45) is 11.8 Å². The van der Waals surface area contributed by atoms with Crippen LogP contribution >= 0.6 is 0 Å². The van der Waals surface area contributed by atoms with Crippen molar-refractivity contribution in [2.75, 3.05) is 19.6 Å². The molecule has 2 aromatic rings. The van der Waals surface area contributed by atoms with Crippen molar-refractivity contribution in [3.05, 3.63) is 66.0 Å². The van der Waals surface area contributed by atoms with Crippen LogP contribution in [0.15, 0.2) is 54.7 Å². The molecule has 30 heavy (non-hydrogen) atoms. The number of nitrogens with zero attached hydrogens (tertiary/aromatic N) is 3. The molecule has 2 aliphatic rings. The standard InChI is InChI=1S/C25H31N3O2/c29-24-12-11-22(18-28(24)19-23-8-4-5-15-26-23)25(30)27-16-13-21(14-17-27)10-9-20-6-2-1-3-7-20/h1-8,15,21-22H,9-14,16-19H2. The average Bonchev–Trinajstić information content (AvgIpc) is 2.80. The van der Waals surface area contributed by atoms with Gasteiger partial charge in [0.05, 0.1) is 18.2 Å². The average molecular weight is 406 g/mol. The Kier molecular flexibility index (Phi) is 6.77. The second kappa shape index (κ2) is 9.88. The molecule has 2 aliphatic heterocycles. The van der Waals surface area contributed by atoms with Gasteiger partial charge < -0.3 is 9.80 Å². The van der Waals surface area contributed by atoms with Crippen molar-refractivity contribution in [2.45, 2.75) is 45.1 Å². The molecule has 2 saturated heterocycles. The summed E-state index contributed by atoms with van der Waals surface area (Å²) in [5.74, 6) is 0.981. The Bertz CT molecular complexity index is 832. The van der Waals surface area contributed by atoms with Crippen molar-refractivity contribution in [3.8, 4) is 0 Å². The molecular weight excluding hydrogens is 374 g/mol. The van der Waals surface area contributed by atoms with E-state index in [1.165, 1.54) is 12.0 Å². The summed E-state index contributed by atoms with van der Waals surface area (Å²) in [4.78, 5) is 33.6. The highest BCUT2D eigenvalue weighted by Gasteiger charge is 2.34. The summed E-state index contributed by atoms with van der Waals surface area (Å²) in [6, 6.07) is 16.4. The fourth-order valence-corrected chi connectivity index (χ4v) is 4.67. The van der Waals surface area contributed by atoms with Crippen LogP contribution in [0.3, 0.4) is 0 Å². The molecule has 1 atom stereocenters. The maximum absolute atomic E-state index is 13.1. The Morgan fingerprint density at radius 3 is 2.50 bits per heavy atom. The number of likely N-dealkylation sites (tertiary alicyclic amines) is 2. The van der Waals surface area contributed by atoms with Crippen molar-refractivity contribution in [1.82, 2.24) is 14.8 Å². The maximum atomic E-state index is 13.1. The van der Waals surface area contributed by atoms with Crippen LogP contribution in [0.4, 0.5) is 0 Å². The normalized spacial score (nSPS) is 20.4. The molecule has 2 amide bonds. The summed E-state index contributed by atoms with van der Waals surface area (Å²) < 4.78 is 0. The molecule has 3 heterocycles. The largest absolute Gasteiger partial charge is 0.342 e. The van der Waals surface area contributed by atoms with Crippen LogP contribution < -0.4 is 0 Å². The van der Waals surface area contributed by atoms with Gasteiger partial charge in [-0.3, -0.25) is 14.6 Å². The van der Waals surface area contributed by atoms with Crippen LogP contribution in [0.1, 0.15) is 43.4 Å². The van der Waals surface area contributed by atoms with E-state index in [0.717, 1.165) is 38.0 Å². The molecule has 5 heteroatoms. The zero-order valence-electron chi connectivity index (χ0n) is 17.6. The SMILES string of the molecule is O=C1CCC(C(=O)N2CCC(CCc3ccccc3)CC2)CN1Cc1ccccn1. The predicted molar refractivity (Wildman–Crippen MR) is 116 cm³/mol. The van der Waals surface area contributed by atoms with Crippen LogP contribution in [0.25, 0.3) is 0 Å². The van der Waals surface area contributed by atoms with Crippen LogP contribution in [0, 0.1) is 11.8 Å². The van der Waals surface area contributed by atoms with Crippen LogP contribution in [0.5, 0.6) is 0 Å². The smallest absolute Gasteiger partial charge is 0.227 e. The number of hydrogen-bond donors (Lipinski definition) is 0. The summed E-state index contributed by atoms with van der Waals surface area (Å²) in [5.41, 5.74) is 2.27. The number of rotatable bonds is 6. The van der Waals surface area contributed by atoms with Gasteiger partial charge in [0.15, 0.2) is 0 Å². The van der Waals surface area contributed by atoms with E-state index in [4.69, 9.17) is 0 Å². The van der Waals surface area contributed by atoms with Crippen molar-refractivity contribution >= 4 is 11.8 Å². The van der Waals surface area contributed by atoms with Crippen molar-refractivity contribution in [1.29, 1.82) is 0 Å². The molecule has 0 N–H and O–H groups in total. The van der Waals surface area contributed by atoms with Gasteiger partial charge in [0.1, 0.15) is 0 Å². The molecule has 0 bridgehead atoms. The summed E-state index contributed by atoms with van der Waals surface area (Å²) in [6.07, 6.45) is 7.35. The lowest BCUT2D eigenvalue weighted by Crippen LogP contribution is -2.48. The third-order valence-corrected chi connectivity index (χ3v) is 6.54. The molecule has 2 fully saturated rings. The van der Waals surface area contributed by atoms with Gasteiger partial charge in [-0.05, 0) is 55.7 Å². The maximum Gasteiger partial charge on any atom is 0.227 e. The Balaban J connectivity index is 1.25. The number of benzene rings is 1. The van der Waals surface area contributed by atoms with Gasteiger partial charge in [-0.15, -0.1) is 0 Å². The van der Waals surface area contributed by atoms with E-state index in [1.807, 2.05) is 23.1 Å². The van der Waals surface area contributed by atoms with E-state index in [-0.39, 0.29) is 17.7 Å². The molecule has 1 aromatic heterocycles. The van der Waals surface area contributed by atoms with E-state index in [1.54, 1.807) is 11.1 Å². The fourth-order valence-electron chi connectivity index (χ4n) is 4.67. The molecule has 1 unspecified atom stereocenters. The van der Waals surface area contributed by atoms with Gasteiger partial charge in [0, 0.05) is 32.3 Å². The molecule has 0 spiro atoms. The number of carbonyl (C=O) groups is 2. The third kappa shape index (κ3) is 5.26. The molecular formula is C25H31N3O2. The van der Waals surface area contributed by atoms with E-state index < -0.39 is 0 Å². The number of amides is 2. The summed E-state index contributed by atoms with van der Waals surface area (Å²) in [5, 5.41) is 0. The first-order valence-corrected chi connectivity index (χ1v) is 11.2. The lowest BCUT2D eigenvalue weighted by Gasteiger charge is -2.37. The first kappa shape index (κ1) is 20.6. The summed E-state index contributed by atoms with van der Waals surface area (Å²) >= 11 is 0. The van der Waals surface area contributed by atoms with Crippen molar-refractivity contribution < 1.29 is 9.59 Å². The second-order valence-electron chi connectivity index (χ2n) is 8.62. The van der Waals surface area contributed by atoms with E-state index in [0.29, 0.717) is 31.8 Å². The summed E-state index contributed by atoms with van der Waals surface area (Å²) in [7, 11) is 0. The first-order valence-electron chi connectivity index (χ1n) is 11.2. The van der Waals surface area contributed by atoms with Gasteiger partial charge in [-0.25, -0.2) is 0 Å². The molecule has 0 aliphatic carbocycles. The number of hydrogen-bond acceptors (Lipinski definition) is 3. The molecule has 0 saturated carbocycles. The van der Waals surface area contributed by atoms with E-state index in [9.17, 15) is 9.59 Å². The molecule has 4 rings (SSSR count). The third-order valence-electron chi connectivity index (χ3n) is 6.54. The zero-order chi connectivity index (χ0) is 20.8. The minimum absolute atomic E-state index is 0.0766. The number of aromatic nitrogens is 1. The molecule has 158 valence electrons. The summed E-state index contributed by atoms with van der Waals surface area (Å²) in [6.45, 7) is 2.71. The highest BCUT2D eigenvalue weighted by atomic mass is 16.2. The van der Waals surface area contributed by atoms with E-state index >= 15 is 0 Å². The topological polar surface area (TPSA) is 53.5 Å². The monoisotopic (exact) mass is 405 g/mol. The molecule has 1 aromatic carbocycles. The Hall–Kier alpha value is -2.69. The number of pyridine rings is 1. The highest BCUT2D eigenvalue weighted by molar-refractivity contribution is 5.84. The quantitative estimate of drug-likeness (QED) is 0.736. The highest BCUT2D eigenvalue weighted by Crippen LogP contribution is 2.26. The Labute approximate surface area is 179 Å². The Morgan fingerprint density at radius 2 is 1.77 bits per heavy atom. The first-order chi connectivity index (χ1) is 14.7. The Morgan fingerprint density at radius 1 is 1.00 bits per heavy atom. The lowest BCUT2D eigenvalue weighted by atomic mass is 9.89. The van der Waals surface area contributed by atoms with Gasteiger partial charge in [-0.2, -0.15) is 0 Å². The number of piperidine rings is 2. The molecule has 0 radical (unpaired) electrons. The zero-order valence-corrected chi connectivity index (χ0v) is 17.6. The van der Waals surface area contributed by atoms with Crippen LogP contribution in [-0.2, 0) is 22.6 Å². The van der Waals surface area contributed by atoms with Gasteiger partial charge in [-0.1, -0.05) is 36.4 Å². The fraction of sp³-hybridized carbons (Fsp3) is 0.480. The van der Waals surface area contributed by atoms with Crippen molar-refractivity contribution in [3.63, 3.8) is 0 Å². The van der Waals surface area contributed by atoms with Crippen LogP contribution in [0.2, 0.25) is 0 Å². The number of carbonyl (C=O) groups excluding carboxylic acids is 2. The predicted octanol–water partition coefficient (Wildman–Crippen LogP) is 3.69. The van der Waals surface area contributed by atoms with Gasteiger partial charge in [0.2, 0.25) is 11.8 Å². The minimum Gasteiger partial charge on any atom is -0.342 e.